The predicted octanol–water partition coefficient (Wildman–Crippen LogP) is -2.68. The first-order valence-electron chi connectivity index (χ1n) is 6.42. The van der Waals surface area contributed by atoms with E-state index in [9.17, 15) is 15.0 Å². The van der Waals surface area contributed by atoms with Crippen LogP contribution in [0.5, 0.6) is 6.01 Å². The smallest absolute Gasteiger partial charge is 0.300 e. The zero-order valence-corrected chi connectivity index (χ0v) is 11.5. The summed E-state index contributed by atoms with van der Waals surface area (Å²) in [5.74, 6) is -0.145. The van der Waals surface area contributed by atoms with Gasteiger partial charge in [0, 0.05) is 0 Å². The van der Waals surface area contributed by atoms with Gasteiger partial charge in [-0.25, -0.2) is 4.57 Å². The van der Waals surface area contributed by atoms with Gasteiger partial charge < -0.3 is 30.5 Å². The number of nitrogens with zero attached hydrogens (tertiary/aromatic N) is 3. The fourth-order valence-electron chi connectivity index (χ4n) is 2.45. The van der Waals surface area contributed by atoms with Crippen LogP contribution in [-0.2, 0) is 4.74 Å². The number of methoxy groups -OCH3 is 1. The molecule has 2 aromatic heterocycles. The predicted molar refractivity (Wildman–Crippen MR) is 72.1 cm³/mol. The van der Waals surface area contributed by atoms with Crippen LogP contribution >= 0.6 is 0 Å². The van der Waals surface area contributed by atoms with Crippen LogP contribution in [0.3, 0.4) is 0 Å². The number of H-pyrrole nitrogens is 1. The minimum absolute atomic E-state index is 0.0351. The third-order valence-corrected chi connectivity index (χ3v) is 3.49. The van der Waals surface area contributed by atoms with Crippen LogP contribution in [0, 0.1) is 0 Å². The van der Waals surface area contributed by atoms with Gasteiger partial charge in [0.05, 0.1) is 13.7 Å². The van der Waals surface area contributed by atoms with Gasteiger partial charge in [0.2, 0.25) is 5.95 Å². The quantitative estimate of drug-likeness (QED) is 0.405. The number of aliphatic hydroxyl groups is 3. The Morgan fingerprint density at radius 2 is 2.14 bits per heavy atom. The molecule has 1 saturated heterocycles. The molecule has 0 aliphatic carbocycles. The Morgan fingerprint density at radius 3 is 2.73 bits per heavy atom. The average Bonchev–Trinajstić information content (AvgIpc) is 2.98. The summed E-state index contributed by atoms with van der Waals surface area (Å²) in [6.07, 6.45) is -4.80. The highest BCUT2D eigenvalue weighted by Crippen LogP contribution is 2.34. The largest absolute Gasteiger partial charge is 0.468 e. The molecule has 0 radical (unpaired) electrons. The number of aromatic nitrogens is 4. The molecule has 6 N–H and O–H groups in total. The first-order chi connectivity index (χ1) is 10.5. The number of aromatic amines is 1. The van der Waals surface area contributed by atoms with E-state index >= 15 is 0 Å². The maximum Gasteiger partial charge on any atom is 0.300 e. The minimum Gasteiger partial charge on any atom is -0.468 e. The number of imidazole rings is 1. The van der Waals surface area contributed by atoms with E-state index in [1.54, 1.807) is 0 Å². The van der Waals surface area contributed by atoms with Crippen molar-refractivity contribution in [3.05, 3.63) is 10.4 Å². The summed E-state index contributed by atoms with van der Waals surface area (Å²) in [5, 5.41) is 29.1. The zero-order valence-electron chi connectivity index (χ0n) is 11.5. The first-order valence-corrected chi connectivity index (χ1v) is 6.42. The highest BCUT2D eigenvalue weighted by Gasteiger charge is 2.45. The van der Waals surface area contributed by atoms with Gasteiger partial charge in [0.25, 0.3) is 5.56 Å². The molecular weight excluding hydrogens is 298 g/mol. The van der Waals surface area contributed by atoms with Crippen molar-refractivity contribution in [2.45, 2.75) is 24.5 Å². The Kier molecular flexibility index (Phi) is 3.48. The van der Waals surface area contributed by atoms with Gasteiger partial charge in [0.15, 0.2) is 17.4 Å². The molecule has 1 aliphatic heterocycles. The van der Waals surface area contributed by atoms with Crippen molar-refractivity contribution in [2.75, 3.05) is 19.5 Å². The van der Waals surface area contributed by atoms with Crippen molar-refractivity contribution in [2.24, 2.45) is 0 Å². The summed E-state index contributed by atoms with van der Waals surface area (Å²) in [7, 11) is 1.32. The van der Waals surface area contributed by atoms with Crippen LogP contribution in [0.25, 0.3) is 11.2 Å². The summed E-state index contributed by atoms with van der Waals surface area (Å²) in [6.45, 7) is -0.486. The maximum absolute atomic E-state index is 11.9. The number of rotatable bonds is 3. The molecule has 1 aliphatic rings. The number of aliphatic hydroxyl groups excluding tert-OH is 3. The van der Waals surface area contributed by atoms with Crippen molar-refractivity contribution >= 4 is 17.1 Å². The Labute approximate surface area is 122 Å². The van der Waals surface area contributed by atoms with Gasteiger partial charge in [-0.05, 0) is 0 Å². The van der Waals surface area contributed by atoms with E-state index in [2.05, 4.69) is 15.0 Å². The molecule has 0 unspecified atom stereocenters. The second-order valence-electron chi connectivity index (χ2n) is 4.82. The number of nitrogens with one attached hydrogen (secondary N) is 1. The lowest BCUT2D eigenvalue weighted by Gasteiger charge is -2.18. The van der Waals surface area contributed by atoms with Crippen LogP contribution in [0.1, 0.15) is 6.23 Å². The molecule has 3 rings (SSSR count). The summed E-state index contributed by atoms with van der Waals surface area (Å²) >= 11 is 0. The molecule has 11 nitrogen and oxygen atoms in total. The van der Waals surface area contributed by atoms with Gasteiger partial charge in [-0.15, -0.1) is 0 Å². The molecule has 0 spiro atoms. The van der Waals surface area contributed by atoms with Crippen LogP contribution in [0.2, 0.25) is 0 Å². The van der Waals surface area contributed by atoms with Crippen LogP contribution in [0.15, 0.2) is 4.79 Å². The van der Waals surface area contributed by atoms with Gasteiger partial charge >= 0.3 is 6.01 Å². The van der Waals surface area contributed by atoms with Crippen LogP contribution in [-0.4, -0.2) is 66.9 Å². The highest BCUT2D eigenvalue weighted by atomic mass is 16.6. The molecule has 2 aromatic rings. The molecule has 22 heavy (non-hydrogen) atoms. The fourth-order valence-corrected chi connectivity index (χ4v) is 2.45. The van der Waals surface area contributed by atoms with Gasteiger partial charge in [-0.3, -0.25) is 9.78 Å². The summed E-state index contributed by atoms with van der Waals surface area (Å²) in [6, 6.07) is -0.0477. The Morgan fingerprint density at radius 1 is 1.41 bits per heavy atom. The maximum atomic E-state index is 11.9. The SMILES string of the molecule is COc1nc2c(=O)[nH]c(N)nc2n1[C@@H]1O[C@H](CO)[C@H](O)[C@H]1O. The lowest BCUT2D eigenvalue weighted by atomic mass is 10.1. The monoisotopic (exact) mass is 313 g/mol. The summed E-state index contributed by atoms with van der Waals surface area (Å²) < 4.78 is 11.7. The topological polar surface area (TPSA) is 169 Å². The van der Waals surface area contributed by atoms with Crippen molar-refractivity contribution in [3.8, 4) is 6.01 Å². The molecular formula is C11H15N5O6. The third-order valence-electron chi connectivity index (χ3n) is 3.49. The molecule has 0 saturated carbocycles. The molecule has 0 amide bonds. The lowest BCUT2D eigenvalue weighted by molar-refractivity contribution is -0.0537. The normalized spacial score (nSPS) is 28.4. The van der Waals surface area contributed by atoms with E-state index in [4.69, 9.17) is 20.3 Å². The van der Waals surface area contributed by atoms with Gasteiger partial charge in [-0.2, -0.15) is 9.97 Å². The molecule has 3 heterocycles. The average molecular weight is 313 g/mol. The van der Waals surface area contributed by atoms with E-state index in [0.717, 1.165) is 0 Å². The second-order valence-corrected chi connectivity index (χ2v) is 4.82. The number of hydrogen-bond acceptors (Lipinski definition) is 9. The van der Waals surface area contributed by atoms with E-state index in [1.807, 2.05) is 0 Å². The Bertz CT molecular complexity index is 757. The standard InChI is InChI=1S/C11H15N5O6/c1-21-11-13-4-7(14-10(12)15-8(4)20)16(11)9-6(19)5(18)3(2-17)22-9/h3,5-6,9,17-19H,2H2,1H3,(H3,12,14,15,20)/t3-,5+,6-,9-/m1/s1. The van der Waals surface area contributed by atoms with Crippen molar-refractivity contribution in [1.82, 2.24) is 19.5 Å². The fraction of sp³-hybridized carbons (Fsp3) is 0.545. The molecule has 11 heteroatoms. The van der Waals surface area contributed by atoms with E-state index in [-0.39, 0.29) is 23.1 Å². The van der Waals surface area contributed by atoms with Crippen molar-refractivity contribution in [1.29, 1.82) is 0 Å². The summed E-state index contributed by atoms with van der Waals surface area (Å²) in [5.41, 5.74) is 4.92. The molecule has 0 bridgehead atoms. The third kappa shape index (κ3) is 2.02. The second kappa shape index (κ2) is 5.21. The lowest BCUT2D eigenvalue weighted by Crippen LogP contribution is -2.33. The number of hydrogen-bond donors (Lipinski definition) is 5. The number of ether oxygens (including phenoxy) is 2. The molecule has 4 atom stereocenters. The molecule has 120 valence electrons. The van der Waals surface area contributed by atoms with E-state index in [0.29, 0.717) is 0 Å². The summed E-state index contributed by atoms with van der Waals surface area (Å²) in [4.78, 5) is 22.1. The zero-order chi connectivity index (χ0) is 16.0. The minimum atomic E-state index is -1.37. The van der Waals surface area contributed by atoms with Crippen molar-refractivity contribution in [3.63, 3.8) is 0 Å². The number of fused-ring (bicyclic) bond motifs is 1. The first kappa shape index (κ1) is 14.7. The van der Waals surface area contributed by atoms with Crippen LogP contribution in [0.4, 0.5) is 5.95 Å². The molecule has 0 aromatic carbocycles. The number of nitrogen functional groups attached to an aromatic ring is 1. The van der Waals surface area contributed by atoms with Gasteiger partial charge in [-0.1, -0.05) is 0 Å². The van der Waals surface area contributed by atoms with E-state index < -0.39 is 36.7 Å². The Balaban J connectivity index is 2.20. The Hall–Kier alpha value is -2.21. The van der Waals surface area contributed by atoms with Gasteiger partial charge in [0.1, 0.15) is 18.3 Å². The number of nitrogens with two attached hydrogens (primary N) is 1. The van der Waals surface area contributed by atoms with E-state index in [1.165, 1.54) is 11.7 Å². The number of anilines is 1. The van der Waals surface area contributed by atoms with Crippen molar-refractivity contribution < 1.29 is 24.8 Å². The van der Waals surface area contributed by atoms with Crippen LogP contribution < -0.4 is 16.0 Å². The molecule has 1 fully saturated rings. The highest BCUT2D eigenvalue weighted by molar-refractivity contribution is 5.72.